The van der Waals surface area contributed by atoms with Crippen LogP contribution in [0.15, 0.2) is 12.1 Å². The highest BCUT2D eigenvalue weighted by atomic mass is 28.3. The first-order chi connectivity index (χ1) is 12.9. The van der Waals surface area contributed by atoms with Crippen molar-refractivity contribution in [2.45, 2.75) is 26.7 Å². The highest BCUT2D eigenvalue weighted by Gasteiger charge is 2.19. The number of benzene rings is 1. The average molecular weight is 424 g/mol. The van der Waals surface area contributed by atoms with E-state index < -0.39 is 5.97 Å². The molecule has 0 bridgehead atoms. The van der Waals surface area contributed by atoms with Crippen molar-refractivity contribution in [1.82, 2.24) is 0 Å². The Labute approximate surface area is 170 Å². The minimum atomic E-state index is -1.25. The fourth-order valence-electron chi connectivity index (χ4n) is 2.25. The fraction of sp³-hybridized carbons (Fsp3) is 0.471. The summed E-state index contributed by atoms with van der Waals surface area (Å²) in [5, 5.41) is 10.7. The van der Waals surface area contributed by atoms with Crippen molar-refractivity contribution in [3.8, 4) is 17.2 Å². The maximum absolute atomic E-state index is 10.7. The van der Waals surface area contributed by atoms with Gasteiger partial charge in [-0.3, -0.25) is 0 Å². The predicted octanol–water partition coefficient (Wildman–Crippen LogP) is 0.785. The molecule has 0 aliphatic heterocycles. The van der Waals surface area contributed by atoms with Crippen molar-refractivity contribution in [1.29, 1.82) is 0 Å². The van der Waals surface area contributed by atoms with Crippen LogP contribution in [0.3, 0.4) is 0 Å². The number of carbonyl (C=O) groups is 1. The lowest BCUT2D eigenvalue weighted by molar-refractivity contribution is -0.297. The number of carboxylic acid groups (broad SMARTS) is 1. The number of hydrogen-bond donors (Lipinski definition) is 0. The molecule has 0 spiro atoms. The molecular weight excluding hydrogens is 400 g/mol. The minimum Gasteiger partial charge on any atom is -0.545 e. The third-order valence-corrected chi connectivity index (χ3v) is 4.09. The van der Waals surface area contributed by atoms with Gasteiger partial charge in [0, 0.05) is 5.56 Å². The summed E-state index contributed by atoms with van der Waals surface area (Å²) in [5.74, 6) is 0.833. The highest BCUT2D eigenvalue weighted by molar-refractivity contribution is 6.33. The Bertz CT molecular complexity index is 605. The lowest BCUT2D eigenvalue weighted by atomic mass is 9.96. The molecule has 0 saturated carbocycles. The molecule has 0 aliphatic carbocycles. The summed E-state index contributed by atoms with van der Waals surface area (Å²) < 4.78 is 24.7. The van der Waals surface area contributed by atoms with Crippen molar-refractivity contribution in [2.75, 3.05) is 21.3 Å². The molecule has 0 N–H and O–H groups in total. The Kier molecular flexibility index (Phi) is 13.6. The van der Waals surface area contributed by atoms with Crippen molar-refractivity contribution in [3.05, 3.63) is 23.3 Å². The van der Waals surface area contributed by atoms with E-state index in [1.807, 2.05) is 0 Å². The summed E-state index contributed by atoms with van der Waals surface area (Å²) >= 11 is 0. The quantitative estimate of drug-likeness (QED) is 0.406. The third-order valence-electron chi connectivity index (χ3n) is 3.42. The normalized spacial score (nSPS) is 10.5. The molecule has 1 aromatic rings. The van der Waals surface area contributed by atoms with Gasteiger partial charge in [-0.05, 0) is 36.5 Å². The molecule has 0 unspecified atom stereocenters. The summed E-state index contributed by atoms with van der Waals surface area (Å²) in [4.78, 5) is 10.7. The first-order valence-corrected chi connectivity index (χ1v) is 9.60. The molecule has 8 radical (unpaired) electrons. The molecular formula is C17H23O7Si3-. The predicted molar refractivity (Wildman–Crippen MR) is 103 cm³/mol. The van der Waals surface area contributed by atoms with Crippen LogP contribution < -0.4 is 19.3 Å². The SMILES string of the molecule is COc1cc(/C=C/C(=O)[O-])c(CCC(C)C)c(OC)c1OC.[Si]O[Si]O[Si]. The minimum absolute atomic E-state index is 0.0247. The number of methoxy groups -OCH3 is 3. The van der Waals surface area contributed by atoms with Gasteiger partial charge in [-0.15, -0.1) is 0 Å². The molecule has 0 aromatic heterocycles. The van der Waals surface area contributed by atoms with Gasteiger partial charge in [0.25, 0.3) is 0 Å². The van der Waals surface area contributed by atoms with Gasteiger partial charge in [0.2, 0.25) is 26.7 Å². The molecule has 0 aliphatic rings. The topological polar surface area (TPSA) is 86.3 Å². The molecule has 0 atom stereocenters. The Morgan fingerprint density at radius 1 is 1.15 bits per heavy atom. The Morgan fingerprint density at radius 3 is 2.11 bits per heavy atom. The number of ether oxygens (including phenoxy) is 3. The summed E-state index contributed by atoms with van der Waals surface area (Å²) in [6.07, 6.45) is 4.18. The van der Waals surface area contributed by atoms with Crippen molar-refractivity contribution < 1.29 is 32.3 Å². The second-order valence-electron chi connectivity index (χ2n) is 5.59. The molecule has 1 aromatic carbocycles. The van der Waals surface area contributed by atoms with Gasteiger partial charge >= 0.3 is 10.0 Å². The number of aliphatic carboxylic acids is 1. The molecule has 0 fully saturated rings. The van der Waals surface area contributed by atoms with Crippen molar-refractivity contribution >= 4 is 43.0 Å². The van der Waals surface area contributed by atoms with Gasteiger partial charge in [0.15, 0.2) is 11.5 Å². The first-order valence-electron chi connectivity index (χ1n) is 7.97. The van der Waals surface area contributed by atoms with E-state index in [1.54, 1.807) is 20.3 Å². The Hall–Kier alpha value is -1.60. The Balaban J connectivity index is 0.00000119. The van der Waals surface area contributed by atoms with E-state index >= 15 is 0 Å². The van der Waals surface area contributed by atoms with E-state index in [2.05, 4.69) is 43.0 Å². The molecule has 0 saturated heterocycles. The first kappa shape index (κ1) is 25.4. The van der Waals surface area contributed by atoms with E-state index in [0.29, 0.717) is 23.2 Å². The number of carboxylic acids is 1. The Morgan fingerprint density at radius 2 is 1.74 bits per heavy atom. The van der Waals surface area contributed by atoms with Gasteiger partial charge in [0.1, 0.15) is 0 Å². The third kappa shape index (κ3) is 9.24. The van der Waals surface area contributed by atoms with Gasteiger partial charge in [0.05, 0.1) is 27.3 Å². The lowest BCUT2D eigenvalue weighted by Gasteiger charge is -2.19. The zero-order valence-electron chi connectivity index (χ0n) is 16.1. The molecule has 7 nitrogen and oxygen atoms in total. The van der Waals surface area contributed by atoms with Crippen LogP contribution in [0.25, 0.3) is 6.08 Å². The van der Waals surface area contributed by atoms with Gasteiger partial charge in [-0.25, -0.2) is 0 Å². The van der Waals surface area contributed by atoms with Crippen LogP contribution in [0.1, 0.15) is 31.4 Å². The van der Waals surface area contributed by atoms with Gasteiger partial charge in [-0.1, -0.05) is 19.9 Å². The standard InChI is InChI=1S/C17H24O5.O2Si3/c1-11(2)6-8-13-12(7-9-15(18)19)10-14(20-3)17(22-5)16(13)21-4;3-1-5-2-4/h7,9-11H,6,8H2,1-5H3,(H,18,19);/p-1/b9-7+;. The van der Waals surface area contributed by atoms with Crippen LogP contribution >= 0.6 is 0 Å². The zero-order chi connectivity index (χ0) is 20.8. The molecule has 1 rings (SSSR count). The van der Waals surface area contributed by atoms with Crippen LogP contribution in [0.2, 0.25) is 0 Å². The maximum atomic E-state index is 10.7. The largest absolute Gasteiger partial charge is 0.545 e. The van der Waals surface area contributed by atoms with Crippen LogP contribution in [0.4, 0.5) is 0 Å². The van der Waals surface area contributed by atoms with E-state index in [4.69, 9.17) is 14.2 Å². The molecule has 0 amide bonds. The van der Waals surface area contributed by atoms with Crippen LogP contribution in [0.5, 0.6) is 17.2 Å². The number of hydrogen-bond acceptors (Lipinski definition) is 7. The second-order valence-corrected chi connectivity index (χ2v) is 7.39. The van der Waals surface area contributed by atoms with Crippen LogP contribution in [-0.4, -0.2) is 58.3 Å². The number of carbonyl (C=O) groups excluding carboxylic acids is 1. The summed E-state index contributed by atoms with van der Waals surface area (Å²) in [5.41, 5.74) is 1.62. The highest BCUT2D eigenvalue weighted by Crippen LogP contribution is 2.43. The van der Waals surface area contributed by atoms with E-state index in [9.17, 15) is 9.90 Å². The smallest absolute Gasteiger partial charge is 0.409 e. The second kappa shape index (κ2) is 14.5. The van der Waals surface area contributed by atoms with E-state index in [0.717, 1.165) is 30.0 Å². The monoisotopic (exact) mass is 423 g/mol. The summed E-state index contributed by atoms with van der Waals surface area (Å²) in [7, 11) is 10.1. The maximum Gasteiger partial charge on any atom is 0.409 e. The zero-order valence-corrected chi connectivity index (χ0v) is 19.1. The molecule has 0 heterocycles. The van der Waals surface area contributed by atoms with Gasteiger partial charge in [-0.2, -0.15) is 0 Å². The van der Waals surface area contributed by atoms with Crippen LogP contribution in [-0.2, 0) is 19.4 Å². The average Bonchev–Trinajstić information content (AvgIpc) is 2.64. The summed E-state index contributed by atoms with van der Waals surface area (Å²) in [6, 6.07) is 1.75. The number of rotatable bonds is 10. The molecule has 146 valence electrons. The van der Waals surface area contributed by atoms with Gasteiger partial charge < -0.3 is 32.3 Å². The van der Waals surface area contributed by atoms with Crippen molar-refractivity contribution in [2.24, 2.45) is 5.92 Å². The van der Waals surface area contributed by atoms with Crippen LogP contribution in [0, 0.1) is 5.92 Å². The van der Waals surface area contributed by atoms with Crippen molar-refractivity contribution in [3.63, 3.8) is 0 Å². The molecule has 27 heavy (non-hydrogen) atoms. The van der Waals surface area contributed by atoms with E-state index in [1.165, 1.54) is 13.2 Å². The summed E-state index contributed by atoms with van der Waals surface area (Å²) in [6.45, 7) is 4.26. The molecule has 10 heteroatoms. The lowest BCUT2D eigenvalue weighted by Crippen LogP contribution is -2.18. The fourth-order valence-corrected chi connectivity index (χ4v) is 2.79. The van der Waals surface area contributed by atoms with E-state index in [-0.39, 0.29) is 10.0 Å².